The Bertz CT molecular complexity index is 986. The molecular weight excluding hydrogens is 348 g/mol. The lowest BCUT2D eigenvalue weighted by Gasteiger charge is -2.25. The summed E-state index contributed by atoms with van der Waals surface area (Å²) in [4.78, 5) is 28.2. The number of aryl methyl sites for hydroxylation is 1. The lowest BCUT2D eigenvalue weighted by atomic mass is 9.78. The van der Waals surface area contributed by atoms with Crippen LogP contribution in [0.4, 0.5) is 0 Å². The molecule has 0 saturated carbocycles. The van der Waals surface area contributed by atoms with E-state index in [2.05, 4.69) is 53.1 Å². The predicted molar refractivity (Wildman–Crippen MR) is 109 cm³/mol. The van der Waals surface area contributed by atoms with Gasteiger partial charge in [0.05, 0.1) is 11.3 Å². The first-order chi connectivity index (χ1) is 13.5. The highest BCUT2D eigenvalue weighted by molar-refractivity contribution is 5.95. The Balaban J connectivity index is 1.58. The van der Waals surface area contributed by atoms with Crippen LogP contribution in [0.25, 0.3) is 11.4 Å². The Kier molecular flexibility index (Phi) is 4.67. The first kappa shape index (κ1) is 18.3. The van der Waals surface area contributed by atoms with Crippen LogP contribution >= 0.6 is 0 Å². The number of likely N-dealkylation sites (tertiary alicyclic amines) is 1. The third kappa shape index (κ3) is 3.40. The molecule has 0 aliphatic carbocycles. The van der Waals surface area contributed by atoms with Crippen molar-refractivity contribution >= 4 is 5.91 Å². The fourth-order valence-corrected chi connectivity index (χ4v) is 4.01. The van der Waals surface area contributed by atoms with Crippen LogP contribution in [-0.4, -0.2) is 38.8 Å². The highest BCUT2D eigenvalue weighted by Gasteiger charge is 2.42. The average Bonchev–Trinajstić information content (AvgIpc) is 3.04. The van der Waals surface area contributed by atoms with Crippen molar-refractivity contribution in [3.8, 4) is 11.4 Å². The van der Waals surface area contributed by atoms with E-state index in [1.165, 1.54) is 5.56 Å². The van der Waals surface area contributed by atoms with Crippen LogP contribution in [0, 0.1) is 12.3 Å². The van der Waals surface area contributed by atoms with Gasteiger partial charge in [0.15, 0.2) is 5.82 Å². The van der Waals surface area contributed by atoms with Crippen molar-refractivity contribution < 1.29 is 4.79 Å². The summed E-state index contributed by atoms with van der Waals surface area (Å²) in [5.74, 6) is 0.904. The van der Waals surface area contributed by atoms with Crippen molar-refractivity contribution in [1.29, 1.82) is 0 Å². The highest BCUT2D eigenvalue weighted by Crippen LogP contribution is 2.42. The van der Waals surface area contributed by atoms with E-state index in [0.29, 0.717) is 29.5 Å². The molecule has 1 aliphatic rings. The standard InChI is InChI=1S/C23H24N4O/c1-16-19(13-25-21(26-16)18-10-7-11-24-12-18)22(28)27-14-20(23(2,3)15-27)17-8-5-4-6-9-17/h4-13,20H,14-15H2,1-3H3/t20-/m1/s1. The number of rotatable bonds is 3. The van der Waals surface area contributed by atoms with Crippen molar-refractivity contribution in [3.63, 3.8) is 0 Å². The largest absolute Gasteiger partial charge is 0.337 e. The van der Waals surface area contributed by atoms with Crippen LogP contribution in [0.5, 0.6) is 0 Å². The number of hydrogen-bond donors (Lipinski definition) is 0. The minimum atomic E-state index is 0.00161. The van der Waals surface area contributed by atoms with E-state index < -0.39 is 0 Å². The Morgan fingerprint density at radius 3 is 2.57 bits per heavy atom. The van der Waals surface area contributed by atoms with Crippen molar-refractivity contribution in [1.82, 2.24) is 19.9 Å². The molecule has 1 saturated heterocycles. The molecule has 1 fully saturated rings. The monoisotopic (exact) mass is 372 g/mol. The van der Waals surface area contributed by atoms with E-state index in [1.807, 2.05) is 30.0 Å². The van der Waals surface area contributed by atoms with Crippen molar-refractivity contribution in [2.24, 2.45) is 5.41 Å². The Hall–Kier alpha value is -3.08. The van der Waals surface area contributed by atoms with Crippen LogP contribution in [0.1, 0.15) is 41.4 Å². The lowest BCUT2D eigenvalue weighted by molar-refractivity contribution is 0.0776. The van der Waals surface area contributed by atoms with Crippen LogP contribution in [-0.2, 0) is 0 Å². The van der Waals surface area contributed by atoms with Gasteiger partial charge in [-0.15, -0.1) is 0 Å². The van der Waals surface area contributed by atoms with Crippen molar-refractivity contribution in [3.05, 3.63) is 77.9 Å². The molecule has 5 nitrogen and oxygen atoms in total. The molecule has 0 spiro atoms. The molecule has 142 valence electrons. The van der Waals surface area contributed by atoms with Gasteiger partial charge in [-0.1, -0.05) is 44.2 Å². The quantitative estimate of drug-likeness (QED) is 0.694. The second-order valence-corrected chi connectivity index (χ2v) is 8.07. The van der Waals surface area contributed by atoms with E-state index in [4.69, 9.17) is 0 Å². The zero-order valence-corrected chi connectivity index (χ0v) is 16.5. The summed E-state index contributed by atoms with van der Waals surface area (Å²) in [6.45, 7) is 7.75. The maximum atomic E-state index is 13.2. The van der Waals surface area contributed by atoms with E-state index in [-0.39, 0.29) is 11.3 Å². The average molecular weight is 372 g/mol. The van der Waals surface area contributed by atoms with Crippen LogP contribution in [0.2, 0.25) is 0 Å². The van der Waals surface area contributed by atoms with Crippen LogP contribution < -0.4 is 0 Å². The molecule has 3 heterocycles. The number of benzene rings is 1. The van der Waals surface area contributed by atoms with E-state index in [0.717, 1.165) is 12.1 Å². The molecule has 0 bridgehead atoms. The number of amides is 1. The second-order valence-electron chi connectivity index (χ2n) is 8.07. The number of aromatic nitrogens is 3. The van der Waals surface area contributed by atoms with E-state index >= 15 is 0 Å². The number of carbonyl (C=O) groups excluding carboxylic acids is 1. The van der Waals surface area contributed by atoms with Gasteiger partial charge in [-0.2, -0.15) is 0 Å². The highest BCUT2D eigenvalue weighted by atomic mass is 16.2. The molecule has 0 unspecified atom stereocenters. The summed E-state index contributed by atoms with van der Waals surface area (Å²) in [7, 11) is 0. The number of nitrogens with zero attached hydrogens (tertiary/aromatic N) is 4. The third-order valence-electron chi connectivity index (χ3n) is 5.56. The summed E-state index contributed by atoms with van der Waals surface area (Å²) < 4.78 is 0. The topological polar surface area (TPSA) is 59.0 Å². The maximum absolute atomic E-state index is 13.2. The molecule has 3 aromatic rings. The molecule has 1 amide bonds. The molecular formula is C23H24N4O. The van der Waals surface area contributed by atoms with Crippen molar-refractivity contribution in [2.75, 3.05) is 13.1 Å². The van der Waals surface area contributed by atoms with E-state index in [1.54, 1.807) is 18.6 Å². The van der Waals surface area contributed by atoms with Gasteiger partial charge in [0.25, 0.3) is 5.91 Å². The van der Waals surface area contributed by atoms with Crippen molar-refractivity contribution in [2.45, 2.75) is 26.7 Å². The lowest BCUT2D eigenvalue weighted by Crippen LogP contribution is -2.31. The van der Waals surface area contributed by atoms with Gasteiger partial charge in [0.1, 0.15) is 0 Å². The predicted octanol–water partition coefficient (Wildman–Crippen LogP) is 4.11. The zero-order chi connectivity index (χ0) is 19.7. The second kappa shape index (κ2) is 7.15. The molecule has 1 aliphatic heterocycles. The van der Waals surface area contributed by atoms with E-state index in [9.17, 15) is 4.79 Å². The molecule has 28 heavy (non-hydrogen) atoms. The number of pyridine rings is 1. The van der Waals surface area contributed by atoms with Gasteiger partial charge in [-0.05, 0) is 30.0 Å². The fourth-order valence-electron chi connectivity index (χ4n) is 4.01. The summed E-state index contributed by atoms with van der Waals surface area (Å²) >= 11 is 0. The normalized spacial score (nSPS) is 18.2. The SMILES string of the molecule is Cc1nc(-c2cccnc2)ncc1C(=O)N1C[C@H](c2ccccc2)C(C)(C)C1. The summed E-state index contributed by atoms with van der Waals surface area (Å²) in [6.07, 6.45) is 5.09. The fraction of sp³-hybridized carbons (Fsp3) is 0.304. The summed E-state index contributed by atoms with van der Waals surface area (Å²) in [5.41, 5.74) is 3.40. The van der Waals surface area contributed by atoms with Gasteiger partial charge in [-0.25, -0.2) is 9.97 Å². The Morgan fingerprint density at radius 1 is 1.11 bits per heavy atom. The molecule has 2 aromatic heterocycles. The van der Waals surface area contributed by atoms with Gasteiger partial charge in [-0.3, -0.25) is 9.78 Å². The number of carbonyl (C=O) groups is 1. The van der Waals surface area contributed by atoms with Crippen LogP contribution in [0.15, 0.2) is 61.1 Å². The third-order valence-corrected chi connectivity index (χ3v) is 5.56. The smallest absolute Gasteiger partial charge is 0.257 e. The number of hydrogen-bond acceptors (Lipinski definition) is 4. The van der Waals surface area contributed by atoms with Crippen LogP contribution in [0.3, 0.4) is 0 Å². The summed E-state index contributed by atoms with van der Waals surface area (Å²) in [5, 5.41) is 0. The minimum Gasteiger partial charge on any atom is -0.337 e. The molecule has 0 N–H and O–H groups in total. The summed E-state index contributed by atoms with van der Waals surface area (Å²) in [6, 6.07) is 14.2. The molecule has 1 aromatic carbocycles. The van der Waals surface area contributed by atoms with Gasteiger partial charge in [0.2, 0.25) is 0 Å². The molecule has 4 rings (SSSR count). The first-order valence-electron chi connectivity index (χ1n) is 9.54. The molecule has 0 radical (unpaired) electrons. The van der Waals surface area contributed by atoms with Gasteiger partial charge >= 0.3 is 0 Å². The zero-order valence-electron chi connectivity index (χ0n) is 16.5. The molecule has 1 atom stereocenters. The Morgan fingerprint density at radius 2 is 1.89 bits per heavy atom. The van der Waals surface area contributed by atoms with Gasteiger partial charge in [0, 0.05) is 43.2 Å². The Labute approximate surface area is 165 Å². The first-order valence-corrected chi connectivity index (χ1v) is 9.54. The van der Waals surface area contributed by atoms with Gasteiger partial charge < -0.3 is 4.90 Å². The minimum absolute atomic E-state index is 0.00161. The maximum Gasteiger partial charge on any atom is 0.257 e. The molecule has 5 heteroatoms.